The standard InChI is InChI=1S/C35H51N3O6/c1-24(30-14-7-8-19-36-30)10-9-11-25(2)33-26(3)15-16-29(35(4,43)18-17-28(39)22-32(40)44-33)31-23-37(27-12-5-6-13-27)20-21-38(31)34(41)42/h7-11,14-16,19,24,26-29,31,33,39,43H,5-6,12-13,17-18,20-23H2,1-4H3,(H,41,42)/b10-9+,16-15+,25-11+/t24-,26-,28-,29-,31?,33+,35-/m0/s1. The number of carbonyl (C=O) groups excluding carboxylic acids is 1. The van der Waals surface area contributed by atoms with Gasteiger partial charge in [0, 0.05) is 55.3 Å². The average Bonchev–Trinajstić information content (AvgIpc) is 3.54. The van der Waals surface area contributed by atoms with Gasteiger partial charge < -0.3 is 25.0 Å². The zero-order valence-electron chi connectivity index (χ0n) is 26.7. The third-order valence-electron chi connectivity index (χ3n) is 9.78. The molecule has 1 aromatic rings. The van der Waals surface area contributed by atoms with Crippen LogP contribution in [0.1, 0.15) is 84.3 Å². The van der Waals surface area contributed by atoms with Crippen molar-refractivity contribution in [3.63, 3.8) is 0 Å². The summed E-state index contributed by atoms with van der Waals surface area (Å²) in [6.45, 7) is 9.30. The number of piperazine rings is 1. The summed E-state index contributed by atoms with van der Waals surface area (Å²) in [5.74, 6) is -1.17. The molecule has 1 unspecified atom stereocenters. The van der Waals surface area contributed by atoms with Crippen molar-refractivity contribution in [1.29, 1.82) is 0 Å². The van der Waals surface area contributed by atoms with E-state index < -0.39 is 41.8 Å². The first-order chi connectivity index (χ1) is 21.0. The lowest BCUT2D eigenvalue weighted by atomic mass is 9.77. The van der Waals surface area contributed by atoms with Gasteiger partial charge >= 0.3 is 12.1 Å². The number of carboxylic acid groups (broad SMARTS) is 1. The topological polar surface area (TPSA) is 123 Å². The maximum atomic E-state index is 12.9. The normalized spacial score (nSPS) is 33.4. The van der Waals surface area contributed by atoms with Crippen LogP contribution >= 0.6 is 0 Å². The minimum absolute atomic E-state index is 0.103. The van der Waals surface area contributed by atoms with Crippen molar-refractivity contribution in [3.05, 3.63) is 66.0 Å². The van der Waals surface area contributed by atoms with Crippen LogP contribution < -0.4 is 0 Å². The minimum Gasteiger partial charge on any atom is -0.465 e. The van der Waals surface area contributed by atoms with Gasteiger partial charge in [-0.25, -0.2) is 4.79 Å². The van der Waals surface area contributed by atoms with Crippen LogP contribution in [0.2, 0.25) is 0 Å². The summed E-state index contributed by atoms with van der Waals surface area (Å²) in [4.78, 5) is 33.6. The first-order valence-corrected chi connectivity index (χ1v) is 16.2. The Balaban J connectivity index is 1.63. The van der Waals surface area contributed by atoms with Gasteiger partial charge in [0.1, 0.15) is 6.10 Å². The second-order valence-corrected chi connectivity index (χ2v) is 13.2. The lowest BCUT2D eigenvalue weighted by Crippen LogP contribution is -2.62. The van der Waals surface area contributed by atoms with E-state index in [2.05, 4.69) is 16.8 Å². The Morgan fingerprint density at radius 1 is 1.18 bits per heavy atom. The van der Waals surface area contributed by atoms with Crippen molar-refractivity contribution in [3.8, 4) is 0 Å². The fourth-order valence-corrected chi connectivity index (χ4v) is 7.06. The highest BCUT2D eigenvalue weighted by molar-refractivity contribution is 5.70. The Bertz CT molecular complexity index is 1190. The third-order valence-corrected chi connectivity index (χ3v) is 9.78. The van der Waals surface area contributed by atoms with Crippen molar-refractivity contribution >= 4 is 12.1 Å². The number of hydrogen-bond donors (Lipinski definition) is 3. The molecule has 9 heteroatoms. The number of nitrogens with zero attached hydrogens (tertiary/aromatic N) is 3. The second-order valence-electron chi connectivity index (χ2n) is 13.2. The molecule has 2 aliphatic heterocycles. The molecule has 3 heterocycles. The number of aliphatic hydroxyl groups is 2. The number of allylic oxidation sites excluding steroid dienone is 3. The maximum absolute atomic E-state index is 12.9. The number of carbonyl (C=O) groups is 2. The Hall–Kier alpha value is -3.01. The van der Waals surface area contributed by atoms with E-state index in [-0.39, 0.29) is 31.1 Å². The smallest absolute Gasteiger partial charge is 0.407 e. The molecule has 4 rings (SSSR count). The first kappa shape index (κ1) is 33.9. The molecule has 3 aliphatic rings. The van der Waals surface area contributed by atoms with Crippen LogP contribution in [0.3, 0.4) is 0 Å². The molecule has 242 valence electrons. The highest BCUT2D eigenvalue weighted by Crippen LogP contribution is 2.36. The number of rotatable bonds is 6. The van der Waals surface area contributed by atoms with Crippen molar-refractivity contribution in [2.24, 2.45) is 11.8 Å². The van der Waals surface area contributed by atoms with Crippen LogP contribution in [0.5, 0.6) is 0 Å². The number of ether oxygens (including phenoxy) is 1. The van der Waals surface area contributed by atoms with Gasteiger partial charge in [-0.15, -0.1) is 0 Å². The van der Waals surface area contributed by atoms with Gasteiger partial charge in [0.2, 0.25) is 0 Å². The van der Waals surface area contributed by atoms with Gasteiger partial charge in [-0.05, 0) is 57.2 Å². The van der Waals surface area contributed by atoms with E-state index in [0.717, 1.165) is 24.1 Å². The fraction of sp³-hybridized carbons (Fsp3) is 0.629. The van der Waals surface area contributed by atoms with E-state index in [9.17, 15) is 24.9 Å². The van der Waals surface area contributed by atoms with Gasteiger partial charge in [0.25, 0.3) is 0 Å². The van der Waals surface area contributed by atoms with Gasteiger partial charge in [-0.3, -0.25) is 14.7 Å². The van der Waals surface area contributed by atoms with Gasteiger partial charge in [-0.1, -0.05) is 63.1 Å². The summed E-state index contributed by atoms with van der Waals surface area (Å²) in [7, 11) is 0. The molecule has 1 amide bonds. The Morgan fingerprint density at radius 3 is 2.61 bits per heavy atom. The van der Waals surface area contributed by atoms with E-state index in [4.69, 9.17) is 4.74 Å². The number of amides is 1. The van der Waals surface area contributed by atoms with Crippen molar-refractivity contribution in [2.75, 3.05) is 19.6 Å². The second kappa shape index (κ2) is 15.3. The largest absolute Gasteiger partial charge is 0.465 e. The van der Waals surface area contributed by atoms with Gasteiger partial charge in [0.15, 0.2) is 0 Å². The van der Waals surface area contributed by atoms with Gasteiger partial charge in [0.05, 0.1) is 24.2 Å². The molecule has 1 aromatic heterocycles. The highest BCUT2D eigenvalue weighted by atomic mass is 16.5. The zero-order valence-corrected chi connectivity index (χ0v) is 26.7. The summed E-state index contributed by atoms with van der Waals surface area (Å²) in [6.07, 6.45) is 13.9. The van der Waals surface area contributed by atoms with E-state index in [1.807, 2.05) is 62.4 Å². The predicted octanol–water partition coefficient (Wildman–Crippen LogP) is 5.31. The highest BCUT2D eigenvalue weighted by Gasteiger charge is 2.44. The van der Waals surface area contributed by atoms with Crippen molar-refractivity contribution < 1.29 is 29.6 Å². The number of cyclic esters (lactones) is 1. The number of aromatic nitrogens is 1. The van der Waals surface area contributed by atoms with Crippen LogP contribution in [0.4, 0.5) is 4.79 Å². The number of hydrogen-bond acceptors (Lipinski definition) is 7. The fourth-order valence-electron chi connectivity index (χ4n) is 7.06. The Morgan fingerprint density at radius 2 is 1.93 bits per heavy atom. The monoisotopic (exact) mass is 609 g/mol. The zero-order chi connectivity index (χ0) is 31.9. The first-order valence-electron chi connectivity index (χ1n) is 16.2. The summed E-state index contributed by atoms with van der Waals surface area (Å²) < 4.78 is 5.95. The molecule has 0 radical (unpaired) electrons. The van der Waals surface area contributed by atoms with Crippen LogP contribution in [0.25, 0.3) is 0 Å². The molecule has 1 aliphatic carbocycles. The number of esters is 1. The SMILES string of the molecule is C/C(=C\C=C\[C@H](C)c1ccccn1)[C@H]1OC(=O)C[C@@H](O)CC[C@](C)(O)[C@H](C2CN(C3CCCC3)CCN2C(=O)O)/C=C/[C@@H]1C. The third kappa shape index (κ3) is 8.79. The molecule has 0 aromatic carbocycles. The predicted molar refractivity (Wildman–Crippen MR) is 170 cm³/mol. The molecule has 0 spiro atoms. The minimum atomic E-state index is -1.30. The van der Waals surface area contributed by atoms with Crippen LogP contribution in [0, 0.1) is 11.8 Å². The van der Waals surface area contributed by atoms with Crippen LogP contribution in [-0.4, -0.2) is 91.7 Å². The molecule has 1 saturated carbocycles. The molecule has 7 atom stereocenters. The van der Waals surface area contributed by atoms with Crippen molar-refractivity contribution in [2.45, 2.75) is 108 Å². The van der Waals surface area contributed by atoms with Crippen LogP contribution in [-0.2, 0) is 9.53 Å². The molecule has 0 bridgehead atoms. The average molecular weight is 610 g/mol. The number of aliphatic hydroxyl groups excluding tert-OH is 1. The molecule has 3 N–H and O–H groups in total. The summed E-state index contributed by atoms with van der Waals surface area (Å²) in [5.41, 5.74) is 0.495. The van der Waals surface area contributed by atoms with E-state index in [1.54, 1.807) is 13.1 Å². The van der Waals surface area contributed by atoms with Crippen molar-refractivity contribution in [1.82, 2.24) is 14.8 Å². The number of pyridine rings is 1. The Labute approximate surface area is 262 Å². The summed E-state index contributed by atoms with van der Waals surface area (Å²) in [5, 5.41) is 32.8. The molecular formula is C35H51N3O6. The van der Waals surface area contributed by atoms with Crippen LogP contribution in [0.15, 0.2) is 60.3 Å². The molecule has 44 heavy (non-hydrogen) atoms. The maximum Gasteiger partial charge on any atom is 0.407 e. The molecular weight excluding hydrogens is 558 g/mol. The summed E-state index contributed by atoms with van der Waals surface area (Å²) >= 11 is 0. The van der Waals surface area contributed by atoms with E-state index >= 15 is 0 Å². The van der Waals surface area contributed by atoms with Gasteiger partial charge in [-0.2, -0.15) is 0 Å². The molecule has 2 fully saturated rings. The van der Waals surface area contributed by atoms with E-state index in [1.165, 1.54) is 17.7 Å². The lowest BCUT2D eigenvalue weighted by Gasteiger charge is -2.48. The summed E-state index contributed by atoms with van der Waals surface area (Å²) in [6, 6.07) is 5.82. The van der Waals surface area contributed by atoms with E-state index in [0.29, 0.717) is 25.7 Å². The Kier molecular flexibility index (Phi) is 11.8. The molecule has 1 saturated heterocycles. The quantitative estimate of drug-likeness (QED) is 0.225. The lowest BCUT2D eigenvalue weighted by molar-refractivity contribution is -0.151. The molecule has 9 nitrogen and oxygen atoms in total.